The first kappa shape index (κ1) is 18.5. The molecule has 1 aliphatic heterocycles. The number of nitrogens with zero attached hydrogens (tertiary/aromatic N) is 7. The van der Waals surface area contributed by atoms with Crippen LogP contribution < -0.4 is 15.5 Å². The van der Waals surface area contributed by atoms with Crippen molar-refractivity contribution < 1.29 is 4.79 Å². The van der Waals surface area contributed by atoms with Crippen LogP contribution in [0.5, 0.6) is 0 Å². The zero-order valence-corrected chi connectivity index (χ0v) is 17.2. The van der Waals surface area contributed by atoms with Crippen LogP contribution in [-0.4, -0.2) is 61.4 Å². The summed E-state index contributed by atoms with van der Waals surface area (Å²) in [6.07, 6.45) is 3.74. The Balaban J connectivity index is 1.50. The third-order valence-corrected chi connectivity index (χ3v) is 5.30. The molecule has 0 aliphatic carbocycles. The Morgan fingerprint density at radius 2 is 1.90 bits per heavy atom. The van der Waals surface area contributed by atoms with Crippen LogP contribution in [-0.2, 0) is 7.05 Å². The van der Waals surface area contributed by atoms with Crippen LogP contribution in [0.4, 0.5) is 11.6 Å². The van der Waals surface area contributed by atoms with E-state index in [0.717, 1.165) is 48.6 Å². The van der Waals surface area contributed by atoms with Crippen LogP contribution >= 0.6 is 0 Å². The summed E-state index contributed by atoms with van der Waals surface area (Å²) < 4.78 is 3.38. The molecule has 4 heterocycles. The second-order valence-corrected chi connectivity index (χ2v) is 7.56. The van der Waals surface area contributed by atoms with E-state index in [1.807, 2.05) is 39.2 Å². The van der Waals surface area contributed by atoms with E-state index in [2.05, 4.69) is 35.7 Å². The second-order valence-electron chi connectivity index (χ2n) is 7.56. The smallest absolute Gasteiger partial charge is 0.260 e. The minimum absolute atomic E-state index is 0.241. The summed E-state index contributed by atoms with van der Waals surface area (Å²) in [5.74, 6) is -0.0467. The van der Waals surface area contributed by atoms with Crippen molar-refractivity contribution in [1.29, 1.82) is 0 Å². The van der Waals surface area contributed by atoms with E-state index in [9.17, 15) is 4.79 Å². The van der Waals surface area contributed by atoms with Gasteiger partial charge < -0.3 is 10.2 Å². The minimum atomic E-state index is -0.288. The topological polar surface area (TPSA) is 105 Å². The molecule has 154 valence electrons. The Morgan fingerprint density at radius 3 is 2.70 bits per heavy atom. The van der Waals surface area contributed by atoms with E-state index >= 15 is 0 Å². The number of hydrogen-bond donors (Lipinski definition) is 2. The molecular weight excluding hydrogens is 382 g/mol. The molecule has 0 unspecified atom stereocenters. The number of piperazine rings is 1. The zero-order chi connectivity index (χ0) is 20.8. The van der Waals surface area contributed by atoms with Crippen molar-refractivity contribution in [3.63, 3.8) is 0 Å². The number of amides is 1. The number of carbonyl (C=O) groups is 1. The van der Waals surface area contributed by atoms with Gasteiger partial charge >= 0.3 is 0 Å². The number of carbonyl (C=O) groups excluding carboxylic acids is 1. The van der Waals surface area contributed by atoms with Crippen LogP contribution in [0, 0.1) is 13.8 Å². The molecule has 3 aromatic heterocycles. The van der Waals surface area contributed by atoms with Gasteiger partial charge in [0.2, 0.25) is 5.95 Å². The van der Waals surface area contributed by atoms with Crippen LogP contribution in [0.25, 0.3) is 16.6 Å². The van der Waals surface area contributed by atoms with Crippen molar-refractivity contribution in [2.45, 2.75) is 13.8 Å². The Morgan fingerprint density at radius 1 is 1.10 bits per heavy atom. The Bertz CT molecular complexity index is 1270. The fraction of sp³-hybridized carbons (Fsp3) is 0.350. The molecule has 1 amide bonds. The summed E-state index contributed by atoms with van der Waals surface area (Å²) in [6, 6.07) is 3.83. The first-order valence-corrected chi connectivity index (χ1v) is 9.93. The summed E-state index contributed by atoms with van der Waals surface area (Å²) in [7, 11) is 1.87. The molecule has 10 heteroatoms. The van der Waals surface area contributed by atoms with Crippen molar-refractivity contribution in [2.24, 2.45) is 7.05 Å². The average molecular weight is 405 g/mol. The first-order chi connectivity index (χ1) is 14.5. The number of hydrogen-bond acceptors (Lipinski definition) is 7. The van der Waals surface area contributed by atoms with Gasteiger partial charge in [0.05, 0.1) is 23.1 Å². The molecule has 0 spiro atoms. The molecule has 0 atom stereocenters. The first-order valence-electron chi connectivity index (χ1n) is 9.93. The Kier molecular flexibility index (Phi) is 4.35. The lowest BCUT2D eigenvalue weighted by molar-refractivity contribution is 0.102. The van der Waals surface area contributed by atoms with Gasteiger partial charge in [0.15, 0.2) is 5.65 Å². The lowest BCUT2D eigenvalue weighted by Crippen LogP contribution is -2.43. The number of aromatic nitrogens is 6. The highest BCUT2D eigenvalue weighted by atomic mass is 16.1. The monoisotopic (exact) mass is 405 g/mol. The molecular formula is C20H23N9O. The highest BCUT2D eigenvalue weighted by molar-refractivity contribution is 6.13. The van der Waals surface area contributed by atoms with Gasteiger partial charge in [-0.3, -0.25) is 19.8 Å². The third kappa shape index (κ3) is 3.14. The summed E-state index contributed by atoms with van der Waals surface area (Å²) in [6.45, 7) is 7.49. The van der Waals surface area contributed by atoms with Crippen LogP contribution in [0.2, 0.25) is 0 Å². The third-order valence-electron chi connectivity index (χ3n) is 5.30. The molecule has 1 aromatic carbocycles. The van der Waals surface area contributed by atoms with Crippen molar-refractivity contribution in [3.8, 4) is 0 Å². The lowest BCUT2D eigenvalue weighted by atomic mass is 10.1. The average Bonchev–Trinajstić information content (AvgIpc) is 3.30. The molecule has 4 aromatic rings. The molecule has 2 N–H and O–H groups in total. The molecule has 1 aliphatic rings. The molecule has 0 saturated carbocycles. The summed E-state index contributed by atoms with van der Waals surface area (Å²) >= 11 is 0. The summed E-state index contributed by atoms with van der Waals surface area (Å²) in [4.78, 5) is 24.2. The van der Waals surface area contributed by atoms with Gasteiger partial charge in [-0.1, -0.05) is 0 Å². The summed E-state index contributed by atoms with van der Waals surface area (Å²) in [5, 5.41) is 16.1. The van der Waals surface area contributed by atoms with E-state index in [4.69, 9.17) is 0 Å². The zero-order valence-electron chi connectivity index (χ0n) is 17.2. The van der Waals surface area contributed by atoms with Gasteiger partial charge in [-0.05, 0) is 26.0 Å². The standard InChI is InChI=1S/C20H23N9O/c1-12-10-29-18(13(2)22-12)23-20(26-29)24-19(30)14-4-5-16(28-8-6-21-7-9-28)15-11-27(3)25-17(14)15/h4-5,10-11,21H,6-9H2,1-3H3,(H,24,26,30). The van der Waals surface area contributed by atoms with E-state index < -0.39 is 0 Å². The molecule has 0 bridgehead atoms. The van der Waals surface area contributed by atoms with Crippen LogP contribution in [0.15, 0.2) is 24.5 Å². The highest BCUT2D eigenvalue weighted by Gasteiger charge is 2.21. The maximum Gasteiger partial charge on any atom is 0.260 e. The predicted octanol–water partition coefficient (Wildman–Crippen LogP) is 1.29. The molecule has 5 rings (SSSR count). The highest BCUT2D eigenvalue weighted by Crippen LogP contribution is 2.29. The largest absolute Gasteiger partial charge is 0.368 e. The van der Waals surface area contributed by atoms with E-state index in [1.54, 1.807) is 15.4 Å². The van der Waals surface area contributed by atoms with E-state index in [0.29, 0.717) is 16.7 Å². The number of benzene rings is 1. The predicted molar refractivity (Wildman–Crippen MR) is 114 cm³/mol. The Labute approximate surface area is 172 Å². The van der Waals surface area contributed by atoms with Crippen molar-refractivity contribution in [2.75, 3.05) is 36.4 Å². The normalized spacial score (nSPS) is 14.6. The number of aryl methyl sites for hydroxylation is 3. The maximum atomic E-state index is 13.1. The number of rotatable bonds is 3. The van der Waals surface area contributed by atoms with Crippen molar-refractivity contribution in [3.05, 3.63) is 41.5 Å². The van der Waals surface area contributed by atoms with Crippen molar-refractivity contribution >= 4 is 34.1 Å². The Hall–Kier alpha value is -3.53. The number of fused-ring (bicyclic) bond motifs is 2. The molecule has 1 saturated heterocycles. The van der Waals surface area contributed by atoms with Gasteiger partial charge in [0, 0.05) is 50.5 Å². The number of anilines is 2. The quantitative estimate of drug-likeness (QED) is 0.529. The van der Waals surface area contributed by atoms with Gasteiger partial charge in [-0.25, -0.2) is 4.52 Å². The van der Waals surface area contributed by atoms with Gasteiger partial charge in [-0.2, -0.15) is 10.1 Å². The van der Waals surface area contributed by atoms with E-state index in [-0.39, 0.29) is 11.9 Å². The molecule has 30 heavy (non-hydrogen) atoms. The SMILES string of the molecule is Cc1cn2nc(NC(=O)c3ccc(N4CCNCC4)c4cn(C)nc34)nc2c(C)n1. The van der Waals surface area contributed by atoms with Gasteiger partial charge in [0.25, 0.3) is 5.91 Å². The maximum absolute atomic E-state index is 13.1. The molecule has 10 nitrogen and oxygen atoms in total. The fourth-order valence-electron chi connectivity index (χ4n) is 3.97. The second kappa shape index (κ2) is 7.06. The molecule has 1 fully saturated rings. The van der Waals surface area contributed by atoms with Crippen molar-refractivity contribution in [1.82, 2.24) is 34.7 Å². The fourth-order valence-corrected chi connectivity index (χ4v) is 3.97. The van der Waals surface area contributed by atoms with Gasteiger partial charge in [0.1, 0.15) is 5.52 Å². The lowest BCUT2D eigenvalue weighted by Gasteiger charge is -2.30. The van der Waals surface area contributed by atoms with Crippen LogP contribution in [0.1, 0.15) is 21.7 Å². The minimum Gasteiger partial charge on any atom is -0.368 e. The van der Waals surface area contributed by atoms with E-state index in [1.165, 1.54) is 0 Å². The molecule has 0 radical (unpaired) electrons. The number of nitrogens with one attached hydrogen (secondary N) is 2. The summed E-state index contributed by atoms with van der Waals surface area (Å²) in [5.41, 5.74) is 4.47. The van der Waals surface area contributed by atoms with Gasteiger partial charge in [-0.15, -0.1) is 5.10 Å². The van der Waals surface area contributed by atoms with Crippen LogP contribution in [0.3, 0.4) is 0 Å².